The molecular formula is C10H13NO3. The van der Waals surface area contributed by atoms with Crippen molar-refractivity contribution < 1.29 is 20.3 Å². The Kier molecular flexibility index (Phi) is 3.48. The number of aliphatic carboxylic acids is 1. The number of phenols is 1. The SMILES string of the molecule is C[NH2+][C@@H](Cc1ccc(O)cc1)C(=O)[O-]. The number of aromatic hydroxyl groups is 1. The van der Waals surface area contributed by atoms with Crippen LogP contribution in [0, 0.1) is 0 Å². The topological polar surface area (TPSA) is 77.0 Å². The van der Waals surface area contributed by atoms with Crippen molar-refractivity contribution in [1.29, 1.82) is 0 Å². The van der Waals surface area contributed by atoms with Gasteiger partial charge in [0.15, 0.2) is 0 Å². The lowest BCUT2D eigenvalue weighted by atomic mass is 10.1. The number of hydrogen-bond acceptors (Lipinski definition) is 3. The van der Waals surface area contributed by atoms with Crippen molar-refractivity contribution in [3.63, 3.8) is 0 Å². The van der Waals surface area contributed by atoms with Crippen molar-refractivity contribution in [2.24, 2.45) is 0 Å². The van der Waals surface area contributed by atoms with E-state index in [0.717, 1.165) is 5.56 Å². The number of hydrogen-bond donors (Lipinski definition) is 2. The smallest absolute Gasteiger partial charge is 0.130 e. The minimum atomic E-state index is -1.07. The first-order chi connectivity index (χ1) is 6.63. The first-order valence-electron chi connectivity index (χ1n) is 4.41. The van der Waals surface area contributed by atoms with Gasteiger partial charge in [-0.3, -0.25) is 0 Å². The highest BCUT2D eigenvalue weighted by atomic mass is 16.4. The van der Waals surface area contributed by atoms with Gasteiger partial charge < -0.3 is 20.3 Å². The van der Waals surface area contributed by atoms with E-state index in [1.807, 2.05) is 0 Å². The highest BCUT2D eigenvalue weighted by Crippen LogP contribution is 2.10. The zero-order valence-corrected chi connectivity index (χ0v) is 7.93. The molecule has 0 unspecified atom stereocenters. The van der Waals surface area contributed by atoms with Crippen molar-refractivity contribution in [3.8, 4) is 5.75 Å². The van der Waals surface area contributed by atoms with Crippen LogP contribution in [0.1, 0.15) is 5.56 Å². The van der Waals surface area contributed by atoms with Crippen molar-refractivity contribution in [1.82, 2.24) is 0 Å². The zero-order chi connectivity index (χ0) is 10.6. The fraction of sp³-hybridized carbons (Fsp3) is 0.300. The molecule has 0 saturated carbocycles. The van der Waals surface area contributed by atoms with Crippen LogP contribution in [0.15, 0.2) is 24.3 Å². The Morgan fingerprint density at radius 2 is 2.07 bits per heavy atom. The summed E-state index contributed by atoms with van der Waals surface area (Å²) in [6.45, 7) is 0. The quantitative estimate of drug-likeness (QED) is 0.598. The maximum absolute atomic E-state index is 10.6. The molecule has 1 atom stereocenters. The summed E-state index contributed by atoms with van der Waals surface area (Å²) in [4.78, 5) is 10.6. The number of carboxylic acids is 1. The molecule has 1 aromatic rings. The number of likely N-dealkylation sites (N-methyl/N-ethyl adjacent to an activating group) is 1. The Hall–Kier alpha value is -1.55. The predicted octanol–water partition coefficient (Wildman–Crippen LogP) is -1.75. The van der Waals surface area contributed by atoms with E-state index in [1.54, 1.807) is 24.5 Å². The van der Waals surface area contributed by atoms with Gasteiger partial charge in [-0.1, -0.05) is 12.1 Å². The normalized spacial score (nSPS) is 12.4. The lowest BCUT2D eigenvalue weighted by Gasteiger charge is -2.13. The van der Waals surface area contributed by atoms with E-state index >= 15 is 0 Å². The van der Waals surface area contributed by atoms with Gasteiger partial charge in [-0.2, -0.15) is 0 Å². The second kappa shape index (κ2) is 4.62. The van der Waals surface area contributed by atoms with Crippen molar-refractivity contribution in [3.05, 3.63) is 29.8 Å². The molecule has 0 aromatic heterocycles. The molecule has 1 rings (SSSR count). The van der Waals surface area contributed by atoms with E-state index in [2.05, 4.69) is 0 Å². The molecule has 0 saturated heterocycles. The van der Waals surface area contributed by atoms with Crippen molar-refractivity contribution in [2.45, 2.75) is 12.5 Å². The van der Waals surface area contributed by atoms with Crippen LogP contribution in [0.5, 0.6) is 5.75 Å². The average molecular weight is 195 g/mol. The summed E-state index contributed by atoms with van der Waals surface area (Å²) >= 11 is 0. The molecule has 0 radical (unpaired) electrons. The van der Waals surface area contributed by atoms with Crippen LogP contribution < -0.4 is 10.4 Å². The predicted molar refractivity (Wildman–Crippen MR) is 48.5 cm³/mol. The number of quaternary nitrogens is 1. The Labute approximate surface area is 82.2 Å². The molecule has 0 aliphatic heterocycles. The molecule has 0 bridgehead atoms. The summed E-state index contributed by atoms with van der Waals surface area (Å²) in [5, 5.41) is 21.2. The summed E-state index contributed by atoms with van der Waals surface area (Å²) in [7, 11) is 1.70. The van der Waals surface area contributed by atoms with Crippen LogP contribution in [0.4, 0.5) is 0 Å². The summed E-state index contributed by atoms with van der Waals surface area (Å²) in [5.41, 5.74) is 0.870. The number of carboxylic acid groups (broad SMARTS) is 1. The summed E-state index contributed by atoms with van der Waals surface area (Å²) in [5.74, 6) is -0.889. The van der Waals surface area contributed by atoms with Crippen LogP contribution in [-0.2, 0) is 11.2 Å². The molecule has 1 aromatic carbocycles. The van der Waals surface area contributed by atoms with Gasteiger partial charge in [0.1, 0.15) is 11.8 Å². The summed E-state index contributed by atoms with van der Waals surface area (Å²) < 4.78 is 0. The highest BCUT2D eigenvalue weighted by molar-refractivity contribution is 5.69. The molecule has 0 aliphatic carbocycles. The van der Waals surface area contributed by atoms with Gasteiger partial charge in [-0.05, 0) is 17.7 Å². The van der Waals surface area contributed by atoms with E-state index in [1.165, 1.54) is 12.1 Å². The van der Waals surface area contributed by atoms with E-state index in [-0.39, 0.29) is 5.75 Å². The molecule has 0 heterocycles. The van der Waals surface area contributed by atoms with E-state index in [0.29, 0.717) is 6.42 Å². The molecular weight excluding hydrogens is 182 g/mol. The number of phenolic OH excluding ortho intramolecular Hbond substituents is 1. The zero-order valence-electron chi connectivity index (χ0n) is 7.93. The van der Waals surface area contributed by atoms with E-state index < -0.39 is 12.0 Å². The average Bonchev–Trinajstić information content (AvgIpc) is 2.16. The number of rotatable bonds is 4. The first-order valence-corrected chi connectivity index (χ1v) is 4.41. The van der Waals surface area contributed by atoms with Crippen molar-refractivity contribution >= 4 is 5.97 Å². The third kappa shape index (κ3) is 2.74. The Bertz CT molecular complexity index is 308. The largest absolute Gasteiger partial charge is 0.544 e. The first kappa shape index (κ1) is 10.5. The Balaban J connectivity index is 2.67. The van der Waals surface area contributed by atoms with Crippen LogP contribution in [0.25, 0.3) is 0 Å². The number of nitrogens with two attached hydrogens (primary N) is 1. The minimum absolute atomic E-state index is 0.180. The number of carbonyl (C=O) groups excluding carboxylic acids is 1. The van der Waals surface area contributed by atoms with Gasteiger partial charge in [-0.25, -0.2) is 0 Å². The molecule has 4 heteroatoms. The Morgan fingerprint density at radius 3 is 2.50 bits per heavy atom. The second-order valence-corrected chi connectivity index (χ2v) is 3.13. The van der Waals surface area contributed by atoms with Crippen molar-refractivity contribution in [2.75, 3.05) is 7.05 Å². The monoisotopic (exact) mass is 195 g/mol. The van der Waals surface area contributed by atoms with Crippen LogP contribution in [-0.4, -0.2) is 24.2 Å². The molecule has 76 valence electrons. The molecule has 0 fully saturated rings. The Morgan fingerprint density at radius 1 is 1.50 bits per heavy atom. The van der Waals surface area contributed by atoms with Gasteiger partial charge in [0, 0.05) is 6.42 Å². The molecule has 14 heavy (non-hydrogen) atoms. The van der Waals surface area contributed by atoms with Gasteiger partial charge in [0.25, 0.3) is 0 Å². The van der Waals surface area contributed by atoms with E-state index in [9.17, 15) is 9.90 Å². The lowest BCUT2D eigenvalue weighted by molar-refractivity contribution is -0.657. The second-order valence-electron chi connectivity index (χ2n) is 3.13. The standard InChI is InChI=1S/C10H13NO3/c1-11-9(10(13)14)6-7-2-4-8(12)5-3-7/h2-5,9,11-12H,6H2,1H3,(H,13,14)/t9-/m0/s1. The fourth-order valence-electron chi connectivity index (χ4n) is 1.22. The van der Waals surface area contributed by atoms with Crippen LogP contribution in [0.2, 0.25) is 0 Å². The molecule has 4 nitrogen and oxygen atoms in total. The maximum Gasteiger partial charge on any atom is 0.130 e. The third-order valence-corrected chi connectivity index (χ3v) is 2.10. The van der Waals surface area contributed by atoms with Gasteiger partial charge in [-0.15, -0.1) is 0 Å². The van der Waals surface area contributed by atoms with Crippen LogP contribution >= 0.6 is 0 Å². The van der Waals surface area contributed by atoms with Gasteiger partial charge >= 0.3 is 0 Å². The third-order valence-electron chi connectivity index (χ3n) is 2.10. The summed E-state index contributed by atoms with van der Waals surface area (Å²) in [6.07, 6.45) is 0.402. The van der Waals surface area contributed by atoms with E-state index in [4.69, 9.17) is 5.11 Å². The highest BCUT2D eigenvalue weighted by Gasteiger charge is 2.11. The summed E-state index contributed by atoms with van der Waals surface area (Å²) in [6, 6.07) is 5.91. The van der Waals surface area contributed by atoms with Gasteiger partial charge in [0.05, 0.1) is 13.0 Å². The van der Waals surface area contributed by atoms with Gasteiger partial charge in [0.2, 0.25) is 0 Å². The number of carbonyl (C=O) groups is 1. The fourth-order valence-corrected chi connectivity index (χ4v) is 1.22. The molecule has 0 amide bonds. The lowest BCUT2D eigenvalue weighted by Crippen LogP contribution is -2.90. The molecule has 0 spiro atoms. The minimum Gasteiger partial charge on any atom is -0.544 e. The van der Waals surface area contributed by atoms with Crippen LogP contribution in [0.3, 0.4) is 0 Å². The maximum atomic E-state index is 10.6. The molecule has 0 aliphatic rings. The number of benzene rings is 1. The molecule has 3 N–H and O–H groups in total.